The molecule has 1 aromatic heterocycles. The van der Waals surface area contributed by atoms with Crippen molar-refractivity contribution in [3.63, 3.8) is 0 Å². The van der Waals surface area contributed by atoms with Gasteiger partial charge in [-0.15, -0.1) is 0 Å². The summed E-state index contributed by atoms with van der Waals surface area (Å²) in [5, 5.41) is 13.3. The molecule has 2 atom stereocenters. The molecule has 33 heavy (non-hydrogen) atoms. The van der Waals surface area contributed by atoms with E-state index in [1.807, 2.05) is 24.3 Å². The van der Waals surface area contributed by atoms with Crippen LogP contribution in [0.2, 0.25) is 0 Å². The number of nitrogens with one attached hydrogen (secondary N) is 1. The van der Waals surface area contributed by atoms with Crippen LogP contribution in [-0.4, -0.2) is 30.2 Å². The number of methoxy groups -OCH3 is 2. The van der Waals surface area contributed by atoms with E-state index in [0.29, 0.717) is 24.5 Å². The molecule has 1 heterocycles. The predicted molar refractivity (Wildman–Crippen MR) is 128 cm³/mol. The summed E-state index contributed by atoms with van der Waals surface area (Å²) in [6.45, 7) is 2.62. The predicted octanol–water partition coefficient (Wildman–Crippen LogP) is 4.78. The molecule has 0 saturated carbocycles. The second-order valence-electron chi connectivity index (χ2n) is 8.20. The quantitative estimate of drug-likeness (QED) is 0.548. The number of aromatic hydroxyl groups is 1. The van der Waals surface area contributed by atoms with Gasteiger partial charge in [-0.2, -0.15) is 0 Å². The van der Waals surface area contributed by atoms with Crippen LogP contribution in [0.25, 0.3) is 11.6 Å². The number of fused-ring (bicyclic) bond motifs is 1. The Morgan fingerprint density at radius 1 is 1.12 bits per heavy atom. The molecule has 0 fully saturated rings. The van der Waals surface area contributed by atoms with Gasteiger partial charge in [0.25, 0.3) is 0 Å². The molecule has 6 heteroatoms. The molecule has 0 bridgehead atoms. The summed E-state index contributed by atoms with van der Waals surface area (Å²) in [5.74, 6) is 0.905. The van der Waals surface area contributed by atoms with Crippen molar-refractivity contribution in [3.8, 4) is 17.2 Å². The van der Waals surface area contributed by atoms with Gasteiger partial charge in [0, 0.05) is 25.4 Å². The van der Waals surface area contributed by atoms with Crippen LogP contribution >= 0.6 is 0 Å². The molecule has 0 radical (unpaired) electrons. The third kappa shape index (κ3) is 4.70. The Bertz CT molecular complexity index is 1150. The molecule has 2 N–H and O–H groups in total. The molecule has 6 nitrogen and oxygen atoms in total. The molecule has 2 aromatic carbocycles. The zero-order valence-corrected chi connectivity index (χ0v) is 19.0. The number of hydrogen-bond donors (Lipinski definition) is 2. The summed E-state index contributed by atoms with van der Waals surface area (Å²) >= 11 is 0. The van der Waals surface area contributed by atoms with Crippen molar-refractivity contribution in [2.45, 2.75) is 25.8 Å². The van der Waals surface area contributed by atoms with Crippen LogP contribution in [0.4, 0.5) is 0 Å². The number of aromatic nitrogens is 1. The molecule has 2 unspecified atom stereocenters. The lowest BCUT2D eigenvalue weighted by Crippen LogP contribution is -2.25. The number of phenolic OH excluding ortho intramolecular Hbond substituents is 1. The minimum Gasteiger partial charge on any atom is -0.502 e. The summed E-state index contributed by atoms with van der Waals surface area (Å²) in [6, 6.07) is 15.6. The minimum absolute atomic E-state index is 0.0136. The summed E-state index contributed by atoms with van der Waals surface area (Å²) in [6.07, 6.45) is 5.96. The van der Waals surface area contributed by atoms with Gasteiger partial charge >= 0.3 is 0 Å². The lowest BCUT2D eigenvalue weighted by atomic mass is 9.88. The van der Waals surface area contributed by atoms with E-state index >= 15 is 0 Å². The van der Waals surface area contributed by atoms with E-state index in [4.69, 9.17) is 9.47 Å². The molecular weight excluding hydrogens is 416 g/mol. The van der Waals surface area contributed by atoms with Gasteiger partial charge < -0.3 is 19.9 Å². The Balaban J connectivity index is 1.60. The van der Waals surface area contributed by atoms with Crippen LogP contribution in [0.5, 0.6) is 17.2 Å². The highest BCUT2D eigenvalue weighted by atomic mass is 16.5. The second-order valence-corrected chi connectivity index (χ2v) is 8.20. The van der Waals surface area contributed by atoms with Crippen molar-refractivity contribution in [2.75, 3.05) is 14.2 Å². The number of carbonyl (C=O) groups is 1. The summed E-state index contributed by atoms with van der Waals surface area (Å²) < 4.78 is 10.6. The Morgan fingerprint density at radius 3 is 2.52 bits per heavy atom. The Morgan fingerprint density at radius 2 is 1.85 bits per heavy atom. The maximum absolute atomic E-state index is 12.8. The van der Waals surface area contributed by atoms with Crippen molar-refractivity contribution in [2.24, 2.45) is 5.92 Å². The fourth-order valence-electron chi connectivity index (χ4n) is 4.46. The van der Waals surface area contributed by atoms with E-state index in [0.717, 1.165) is 22.3 Å². The molecule has 3 aromatic rings. The lowest BCUT2D eigenvalue weighted by Gasteiger charge is -2.17. The average molecular weight is 445 g/mol. The molecule has 1 aliphatic carbocycles. The summed E-state index contributed by atoms with van der Waals surface area (Å²) in [7, 11) is 3.03. The maximum Gasteiger partial charge on any atom is 0.220 e. The minimum atomic E-state index is -0.0230. The lowest BCUT2D eigenvalue weighted by molar-refractivity contribution is -0.121. The zero-order chi connectivity index (χ0) is 23.4. The first-order chi connectivity index (χ1) is 16.0. The largest absolute Gasteiger partial charge is 0.502 e. The third-order valence-electron chi connectivity index (χ3n) is 6.21. The number of allylic oxidation sites excluding steroid dienone is 1. The Hall–Kier alpha value is -3.80. The van der Waals surface area contributed by atoms with Gasteiger partial charge in [-0.05, 0) is 57.9 Å². The van der Waals surface area contributed by atoms with Gasteiger partial charge in [-0.1, -0.05) is 43.3 Å². The van der Waals surface area contributed by atoms with E-state index in [-0.39, 0.29) is 23.5 Å². The van der Waals surface area contributed by atoms with E-state index in [2.05, 4.69) is 35.4 Å². The maximum atomic E-state index is 12.8. The van der Waals surface area contributed by atoms with Crippen LogP contribution in [0.3, 0.4) is 0 Å². The van der Waals surface area contributed by atoms with E-state index in [1.165, 1.54) is 19.8 Å². The van der Waals surface area contributed by atoms with E-state index in [9.17, 15) is 9.90 Å². The van der Waals surface area contributed by atoms with Crippen molar-refractivity contribution in [3.05, 3.63) is 83.2 Å². The highest BCUT2D eigenvalue weighted by molar-refractivity contribution is 5.89. The second kappa shape index (κ2) is 9.77. The highest BCUT2D eigenvalue weighted by Crippen LogP contribution is 2.48. The SMILES string of the molecule is COc1cc(C=C2c3ccccc3C(CC(=O)NCc3cccnc3)C2C)cc(OC)c1O. The molecule has 1 amide bonds. The first-order valence-corrected chi connectivity index (χ1v) is 10.9. The fraction of sp³-hybridized carbons (Fsp3) is 0.259. The molecule has 170 valence electrons. The standard InChI is InChI=1S/C27H28N2O4/c1-17-22(11-19-12-24(32-2)27(31)25(13-19)33-3)20-8-4-5-9-21(20)23(17)14-26(30)29-16-18-7-6-10-28-15-18/h4-13,15,17,23,31H,14,16H2,1-3H3,(H,29,30). The highest BCUT2D eigenvalue weighted by Gasteiger charge is 2.34. The normalized spacial score (nSPS) is 18.1. The van der Waals surface area contributed by atoms with E-state index < -0.39 is 0 Å². The number of pyridine rings is 1. The number of carbonyl (C=O) groups excluding carboxylic acids is 1. The fourth-order valence-corrected chi connectivity index (χ4v) is 4.46. The Kier molecular flexibility index (Phi) is 6.63. The smallest absolute Gasteiger partial charge is 0.220 e. The first kappa shape index (κ1) is 22.4. The van der Waals surface area contributed by atoms with Crippen LogP contribution in [0, 0.1) is 5.92 Å². The monoisotopic (exact) mass is 444 g/mol. The van der Waals surface area contributed by atoms with Crippen molar-refractivity contribution in [1.29, 1.82) is 0 Å². The van der Waals surface area contributed by atoms with Gasteiger partial charge in [-0.25, -0.2) is 0 Å². The average Bonchev–Trinajstić information content (AvgIpc) is 3.10. The van der Waals surface area contributed by atoms with E-state index in [1.54, 1.807) is 24.5 Å². The number of phenols is 1. The number of hydrogen-bond acceptors (Lipinski definition) is 5. The number of ether oxygens (including phenoxy) is 2. The van der Waals surface area contributed by atoms with Crippen LogP contribution < -0.4 is 14.8 Å². The summed E-state index contributed by atoms with van der Waals surface area (Å²) in [5.41, 5.74) is 5.29. The van der Waals surface area contributed by atoms with Crippen molar-refractivity contribution >= 4 is 17.6 Å². The van der Waals surface area contributed by atoms with Gasteiger partial charge in [0.05, 0.1) is 14.2 Å². The topological polar surface area (TPSA) is 80.7 Å². The first-order valence-electron chi connectivity index (χ1n) is 10.9. The van der Waals surface area contributed by atoms with Gasteiger partial charge in [0.2, 0.25) is 11.7 Å². The molecular formula is C27H28N2O4. The zero-order valence-electron chi connectivity index (χ0n) is 19.0. The van der Waals surface area contributed by atoms with Crippen LogP contribution in [0.15, 0.2) is 60.9 Å². The molecule has 0 aliphatic heterocycles. The summed E-state index contributed by atoms with van der Waals surface area (Å²) in [4.78, 5) is 16.9. The van der Waals surface area contributed by atoms with Crippen molar-refractivity contribution < 1.29 is 19.4 Å². The van der Waals surface area contributed by atoms with Gasteiger partial charge in [-0.3, -0.25) is 9.78 Å². The Labute approximate surface area is 193 Å². The van der Waals surface area contributed by atoms with Gasteiger partial charge in [0.15, 0.2) is 11.5 Å². The molecule has 1 aliphatic rings. The van der Waals surface area contributed by atoms with Crippen LogP contribution in [0.1, 0.15) is 41.5 Å². The number of benzene rings is 2. The molecule has 0 saturated heterocycles. The van der Waals surface area contributed by atoms with Gasteiger partial charge in [0.1, 0.15) is 0 Å². The third-order valence-corrected chi connectivity index (χ3v) is 6.21. The number of nitrogens with zero attached hydrogens (tertiary/aromatic N) is 1. The molecule has 0 spiro atoms. The van der Waals surface area contributed by atoms with Crippen molar-refractivity contribution in [1.82, 2.24) is 10.3 Å². The number of rotatable bonds is 7. The molecule has 4 rings (SSSR count). The number of amides is 1. The van der Waals surface area contributed by atoms with Crippen LogP contribution in [-0.2, 0) is 11.3 Å².